The summed E-state index contributed by atoms with van der Waals surface area (Å²) in [5.74, 6) is 2.00. The van der Waals surface area contributed by atoms with E-state index in [1.54, 1.807) is 0 Å². The fourth-order valence-electron chi connectivity index (χ4n) is 3.19. The van der Waals surface area contributed by atoms with Crippen LogP contribution in [0.2, 0.25) is 0 Å². The Bertz CT molecular complexity index is 631. The molecule has 1 aliphatic rings. The van der Waals surface area contributed by atoms with E-state index in [1.165, 1.54) is 0 Å². The molecule has 0 aromatic heterocycles. The largest absolute Gasteiger partial charge is 0.494 e. The summed E-state index contributed by atoms with van der Waals surface area (Å²) in [6.45, 7) is 7.77. The van der Waals surface area contributed by atoms with Crippen molar-refractivity contribution in [3.05, 3.63) is 29.8 Å². The zero-order chi connectivity index (χ0) is 20.9. The quantitative estimate of drug-likeness (QED) is 0.318. The fraction of sp³-hybridized carbons (Fsp3) is 0.636. The Hall–Kier alpha value is -2.28. The summed E-state index contributed by atoms with van der Waals surface area (Å²) in [5, 5.41) is 6.63. The number of nitrogens with one attached hydrogen (secondary N) is 2. The predicted molar refractivity (Wildman–Crippen MR) is 118 cm³/mol. The molecule has 1 amide bonds. The first-order chi connectivity index (χ1) is 14.1. The molecule has 1 aromatic rings. The van der Waals surface area contributed by atoms with Gasteiger partial charge in [0.15, 0.2) is 5.96 Å². The highest BCUT2D eigenvalue weighted by molar-refractivity contribution is 5.79. The number of guanidine groups is 1. The zero-order valence-electron chi connectivity index (χ0n) is 18.2. The van der Waals surface area contributed by atoms with Gasteiger partial charge >= 0.3 is 0 Å². The Balaban J connectivity index is 1.71. The lowest BCUT2D eigenvalue weighted by molar-refractivity contribution is -0.127. The minimum Gasteiger partial charge on any atom is -0.494 e. The molecule has 1 aliphatic heterocycles. The second-order valence-electron chi connectivity index (χ2n) is 7.61. The van der Waals surface area contributed by atoms with Crippen molar-refractivity contribution >= 4 is 11.9 Å². The number of hydrogen-bond acceptors (Lipinski definition) is 4. The molecule has 29 heavy (non-hydrogen) atoms. The van der Waals surface area contributed by atoms with Crippen LogP contribution in [0.15, 0.2) is 29.3 Å². The normalized spacial score (nSPS) is 14.6. The van der Waals surface area contributed by atoms with E-state index in [9.17, 15) is 4.79 Å². The van der Waals surface area contributed by atoms with Crippen molar-refractivity contribution in [2.75, 3.05) is 53.4 Å². The number of carbonyl (C=O) groups excluding carboxylic acids is 1. The topological polar surface area (TPSA) is 69.2 Å². The second kappa shape index (κ2) is 13.0. The van der Waals surface area contributed by atoms with Crippen molar-refractivity contribution in [1.29, 1.82) is 0 Å². The number of benzene rings is 1. The lowest BCUT2D eigenvalue weighted by atomic mass is 10.2. The van der Waals surface area contributed by atoms with Crippen LogP contribution in [-0.4, -0.2) is 75.1 Å². The Labute approximate surface area is 175 Å². The van der Waals surface area contributed by atoms with Gasteiger partial charge < -0.3 is 25.2 Å². The first-order valence-electron chi connectivity index (χ1n) is 10.7. The van der Waals surface area contributed by atoms with Gasteiger partial charge in [-0.25, -0.2) is 4.99 Å². The number of hydrogen-bond donors (Lipinski definition) is 2. The average Bonchev–Trinajstić information content (AvgIpc) is 3.12. The minimum atomic E-state index is 0.288. The van der Waals surface area contributed by atoms with E-state index < -0.39 is 0 Å². The minimum absolute atomic E-state index is 0.288. The molecule has 2 rings (SSSR count). The Morgan fingerprint density at radius 1 is 1.21 bits per heavy atom. The molecule has 7 heteroatoms. The van der Waals surface area contributed by atoms with E-state index >= 15 is 0 Å². The van der Waals surface area contributed by atoms with Gasteiger partial charge in [0.2, 0.25) is 5.91 Å². The molecule has 0 spiro atoms. The molecule has 1 fully saturated rings. The summed E-state index contributed by atoms with van der Waals surface area (Å²) < 4.78 is 5.78. The van der Waals surface area contributed by atoms with Gasteiger partial charge in [-0.2, -0.15) is 0 Å². The summed E-state index contributed by atoms with van der Waals surface area (Å²) in [4.78, 5) is 20.4. The van der Waals surface area contributed by atoms with Gasteiger partial charge in [0.05, 0.1) is 13.2 Å². The van der Waals surface area contributed by atoms with Crippen molar-refractivity contribution in [2.24, 2.45) is 4.99 Å². The smallest absolute Gasteiger partial charge is 0.222 e. The molecule has 162 valence electrons. The third-order valence-electron chi connectivity index (χ3n) is 4.77. The number of amides is 1. The van der Waals surface area contributed by atoms with Gasteiger partial charge in [0.1, 0.15) is 5.75 Å². The number of likely N-dealkylation sites (tertiary alicyclic amines) is 1. The van der Waals surface area contributed by atoms with Crippen molar-refractivity contribution in [1.82, 2.24) is 20.4 Å². The maximum atomic E-state index is 11.6. The van der Waals surface area contributed by atoms with Gasteiger partial charge in [-0.3, -0.25) is 4.79 Å². The molecule has 2 N–H and O–H groups in total. The SMILES string of the molecule is CCNC(=NCc1ccc(OCCCN(C)C)cc1)NCCCN1CCCC1=O. The Morgan fingerprint density at radius 2 is 2.00 bits per heavy atom. The maximum Gasteiger partial charge on any atom is 0.222 e. The number of carbonyl (C=O) groups is 1. The van der Waals surface area contributed by atoms with E-state index in [2.05, 4.69) is 53.7 Å². The second-order valence-corrected chi connectivity index (χ2v) is 7.61. The molecular formula is C22H37N5O2. The van der Waals surface area contributed by atoms with Gasteiger partial charge in [0, 0.05) is 39.1 Å². The lowest BCUT2D eigenvalue weighted by Crippen LogP contribution is -2.39. The van der Waals surface area contributed by atoms with Gasteiger partial charge in [0.25, 0.3) is 0 Å². The monoisotopic (exact) mass is 403 g/mol. The first kappa shape index (κ1) is 23.0. The number of aliphatic imine (C=N–C) groups is 1. The zero-order valence-corrected chi connectivity index (χ0v) is 18.2. The van der Waals surface area contributed by atoms with Crippen LogP contribution in [-0.2, 0) is 11.3 Å². The lowest BCUT2D eigenvalue weighted by Gasteiger charge is -2.16. The molecule has 0 bridgehead atoms. The van der Waals surface area contributed by atoms with Crippen LogP contribution in [0.5, 0.6) is 5.75 Å². The number of rotatable bonds is 12. The Kier molecular flexibility index (Phi) is 10.3. The van der Waals surface area contributed by atoms with Gasteiger partial charge in [-0.15, -0.1) is 0 Å². The molecule has 1 saturated heterocycles. The number of nitrogens with zero attached hydrogens (tertiary/aromatic N) is 3. The maximum absolute atomic E-state index is 11.6. The van der Waals surface area contributed by atoms with E-state index in [0.29, 0.717) is 13.0 Å². The van der Waals surface area contributed by atoms with Crippen molar-refractivity contribution in [2.45, 2.75) is 39.2 Å². The highest BCUT2D eigenvalue weighted by Gasteiger charge is 2.18. The van der Waals surface area contributed by atoms with Crippen LogP contribution in [0.25, 0.3) is 0 Å². The van der Waals surface area contributed by atoms with Gasteiger partial charge in [-0.1, -0.05) is 12.1 Å². The van der Waals surface area contributed by atoms with Crippen LogP contribution >= 0.6 is 0 Å². The Morgan fingerprint density at radius 3 is 2.66 bits per heavy atom. The molecule has 1 heterocycles. The summed E-state index contributed by atoms with van der Waals surface area (Å²) in [5.41, 5.74) is 1.14. The summed E-state index contributed by atoms with van der Waals surface area (Å²) in [6, 6.07) is 8.14. The molecule has 0 atom stereocenters. The van der Waals surface area contributed by atoms with Crippen LogP contribution < -0.4 is 15.4 Å². The highest BCUT2D eigenvalue weighted by Crippen LogP contribution is 2.13. The van der Waals surface area contributed by atoms with Crippen LogP contribution in [0, 0.1) is 0 Å². The van der Waals surface area contributed by atoms with E-state index in [1.807, 2.05) is 17.0 Å². The fourth-order valence-corrected chi connectivity index (χ4v) is 3.19. The summed E-state index contributed by atoms with van der Waals surface area (Å²) in [6.07, 6.45) is 3.65. The summed E-state index contributed by atoms with van der Waals surface area (Å²) >= 11 is 0. The van der Waals surface area contributed by atoms with Crippen LogP contribution in [0.3, 0.4) is 0 Å². The standard InChI is InChI=1S/C22H37N5O2/c1-4-23-22(24-13-6-16-27-15-5-8-21(27)28)25-18-19-9-11-20(12-10-19)29-17-7-14-26(2)3/h9-12H,4-8,13-18H2,1-3H3,(H2,23,24,25). The van der Waals surface area contributed by atoms with Crippen LogP contribution in [0.4, 0.5) is 0 Å². The van der Waals surface area contributed by atoms with Crippen molar-refractivity contribution in [3.8, 4) is 5.75 Å². The first-order valence-corrected chi connectivity index (χ1v) is 10.7. The molecule has 0 aliphatic carbocycles. The predicted octanol–water partition coefficient (Wildman–Crippen LogP) is 2.08. The van der Waals surface area contributed by atoms with E-state index in [-0.39, 0.29) is 5.91 Å². The average molecular weight is 404 g/mol. The molecule has 0 unspecified atom stereocenters. The molecule has 0 saturated carbocycles. The van der Waals surface area contributed by atoms with Gasteiger partial charge in [-0.05, 0) is 58.0 Å². The van der Waals surface area contributed by atoms with Crippen LogP contribution in [0.1, 0.15) is 38.2 Å². The molecular weight excluding hydrogens is 366 g/mol. The molecule has 7 nitrogen and oxygen atoms in total. The third-order valence-corrected chi connectivity index (χ3v) is 4.77. The van der Waals surface area contributed by atoms with E-state index in [0.717, 1.165) is 75.9 Å². The van der Waals surface area contributed by atoms with Crippen molar-refractivity contribution in [3.63, 3.8) is 0 Å². The summed E-state index contributed by atoms with van der Waals surface area (Å²) in [7, 11) is 4.14. The molecule has 0 radical (unpaired) electrons. The van der Waals surface area contributed by atoms with Crippen molar-refractivity contribution < 1.29 is 9.53 Å². The highest BCUT2D eigenvalue weighted by atomic mass is 16.5. The third kappa shape index (κ3) is 9.17. The number of ether oxygens (including phenoxy) is 1. The van der Waals surface area contributed by atoms with E-state index in [4.69, 9.17) is 4.74 Å². The molecule has 1 aromatic carbocycles.